The summed E-state index contributed by atoms with van der Waals surface area (Å²) in [6.45, 7) is 3.54. The maximum absolute atomic E-state index is 13.3. The minimum Gasteiger partial charge on any atom is -0.398 e. The van der Waals surface area contributed by atoms with Gasteiger partial charge in [-0.3, -0.25) is 4.79 Å². The van der Waals surface area contributed by atoms with Gasteiger partial charge in [-0.05, 0) is 62.8 Å². The Labute approximate surface area is 168 Å². The number of carbonyl (C=O) groups excluding carboxylic acids is 1. The number of rotatable bonds is 4. The van der Waals surface area contributed by atoms with E-state index in [0.717, 1.165) is 37.2 Å². The molecule has 0 aliphatic carbocycles. The molecular formula is C21H25F3N4O. The van der Waals surface area contributed by atoms with Gasteiger partial charge in [-0.2, -0.15) is 13.2 Å². The Kier molecular flexibility index (Phi) is 5.75. The van der Waals surface area contributed by atoms with E-state index in [2.05, 4.69) is 10.2 Å². The predicted molar refractivity (Wildman–Crippen MR) is 109 cm³/mol. The Morgan fingerprint density at radius 1 is 1.24 bits per heavy atom. The van der Waals surface area contributed by atoms with Crippen LogP contribution in [0.3, 0.4) is 0 Å². The molecule has 3 N–H and O–H groups in total. The third-order valence-corrected chi connectivity index (χ3v) is 5.41. The summed E-state index contributed by atoms with van der Waals surface area (Å²) in [5.41, 5.74) is 7.30. The molecule has 8 heteroatoms. The second-order valence-corrected chi connectivity index (χ2v) is 7.57. The van der Waals surface area contributed by atoms with Crippen molar-refractivity contribution in [1.29, 1.82) is 0 Å². The number of aryl methyl sites for hydroxylation is 1. The van der Waals surface area contributed by atoms with Crippen LogP contribution in [0.4, 0.5) is 30.2 Å². The Balaban J connectivity index is 1.95. The summed E-state index contributed by atoms with van der Waals surface area (Å²) in [6.07, 6.45) is -3.60. The fourth-order valence-corrected chi connectivity index (χ4v) is 3.52. The van der Waals surface area contributed by atoms with E-state index < -0.39 is 17.6 Å². The van der Waals surface area contributed by atoms with E-state index in [0.29, 0.717) is 16.9 Å². The van der Waals surface area contributed by atoms with Crippen molar-refractivity contribution in [3.8, 4) is 0 Å². The highest BCUT2D eigenvalue weighted by Crippen LogP contribution is 2.36. The molecule has 0 radical (unpaired) electrons. The largest absolute Gasteiger partial charge is 0.416 e. The van der Waals surface area contributed by atoms with Gasteiger partial charge in [-0.15, -0.1) is 0 Å². The number of halogens is 3. The van der Waals surface area contributed by atoms with E-state index in [1.807, 2.05) is 25.9 Å². The van der Waals surface area contributed by atoms with Crippen molar-refractivity contribution in [3.63, 3.8) is 0 Å². The standard InChI is InChI=1S/C21H25F3N4O/c1-13-4-5-14(10-17(13)25)20(29)26-18-11-15(21(22,23)24)6-7-19(18)28(3)16-8-9-27(2)12-16/h4-7,10-11,16H,8-9,12,25H2,1-3H3,(H,26,29). The third kappa shape index (κ3) is 4.64. The lowest BCUT2D eigenvalue weighted by molar-refractivity contribution is -0.137. The molecule has 1 aliphatic heterocycles. The van der Waals surface area contributed by atoms with E-state index in [-0.39, 0.29) is 11.7 Å². The van der Waals surface area contributed by atoms with E-state index in [1.165, 1.54) is 12.1 Å². The van der Waals surface area contributed by atoms with Gasteiger partial charge in [0, 0.05) is 30.9 Å². The van der Waals surface area contributed by atoms with Crippen LogP contribution in [-0.4, -0.2) is 44.0 Å². The first-order valence-corrected chi connectivity index (χ1v) is 9.36. The molecule has 0 spiro atoms. The van der Waals surface area contributed by atoms with Crippen molar-refractivity contribution in [2.75, 3.05) is 43.1 Å². The van der Waals surface area contributed by atoms with Gasteiger partial charge in [0.2, 0.25) is 0 Å². The van der Waals surface area contributed by atoms with Crippen molar-refractivity contribution in [2.24, 2.45) is 0 Å². The summed E-state index contributed by atoms with van der Waals surface area (Å²) < 4.78 is 39.8. The van der Waals surface area contributed by atoms with Crippen LogP contribution < -0.4 is 16.0 Å². The number of nitrogens with one attached hydrogen (secondary N) is 1. The van der Waals surface area contributed by atoms with Gasteiger partial charge in [0.05, 0.1) is 16.9 Å². The highest BCUT2D eigenvalue weighted by atomic mass is 19.4. The molecule has 2 aromatic carbocycles. The van der Waals surface area contributed by atoms with Crippen LogP contribution in [0, 0.1) is 6.92 Å². The molecule has 1 aliphatic rings. The minimum atomic E-state index is -4.50. The van der Waals surface area contributed by atoms with E-state index >= 15 is 0 Å². The number of carbonyl (C=O) groups is 1. The van der Waals surface area contributed by atoms with Gasteiger partial charge in [0.25, 0.3) is 5.91 Å². The average molecular weight is 406 g/mol. The molecule has 5 nitrogen and oxygen atoms in total. The van der Waals surface area contributed by atoms with Crippen molar-refractivity contribution < 1.29 is 18.0 Å². The zero-order chi connectivity index (χ0) is 21.3. The Bertz CT molecular complexity index is 913. The zero-order valence-corrected chi connectivity index (χ0v) is 16.7. The van der Waals surface area contributed by atoms with Crippen molar-refractivity contribution in [1.82, 2.24) is 4.90 Å². The smallest absolute Gasteiger partial charge is 0.398 e. The molecule has 1 atom stereocenters. The third-order valence-electron chi connectivity index (χ3n) is 5.41. The number of nitrogen functional groups attached to an aromatic ring is 1. The SMILES string of the molecule is Cc1ccc(C(=O)Nc2cc(C(F)(F)F)ccc2N(C)C2CCN(C)C2)cc1N. The first-order chi connectivity index (χ1) is 13.6. The molecule has 2 aromatic rings. The van der Waals surface area contributed by atoms with Crippen LogP contribution in [-0.2, 0) is 6.18 Å². The van der Waals surface area contributed by atoms with Crippen LogP contribution in [0.5, 0.6) is 0 Å². The molecule has 1 saturated heterocycles. The first-order valence-electron chi connectivity index (χ1n) is 9.36. The Morgan fingerprint density at radius 3 is 2.55 bits per heavy atom. The molecule has 1 amide bonds. The number of likely N-dealkylation sites (N-methyl/N-ethyl adjacent to an activating group) is 2. The number of hydrogen-bond donors (Lipinski definition) is 2. The van der Waals surface area contributed by atoms with Crippen LogP contribution in [0.1, 0.15) is 27.9 Å². The number of nitrogens with two attached hydrogens (primary N) is 1. The molecule has 0 saturated carbocycles. The van der Waals surface area contributed by atoms with Crippen LogP contribution >= 0.6 is 0 Å². The van der Waals surface area contributed by atoms with E-state index in [4.69, 9.17) is 5.73 Å². The Morgan fingerprint density at radius 2 is 1.97 bits per heavy atom. The summed E-state index contributed by atoms with van der Waals surface area (Å²) in [4.78, 5) is 16.8. The Hall–Kier alpha value is -2.74. The van der Waals surface area contributed by atoms with Crippen LogP contribution in [0.25, 0.3) is 0 Å². The van der Waals surface area contributed by atoms with Crippen molar-refractivity contribution in [3.05, 3.63) is 53.1 Å². The summed E-state index contributed by atoms with van der Waals surface area (Å²) >= 11 is 0. The monoisotopic (exact) mass is 406 g/mol. The van der Waals surface area contributed by atoms with Crippen LogP contribution in [0.2, 0.25) is 0 Å². The molecule has 1 heterocycles. The topological polar surface area (TPSA) is 61.6 Å². The molecule has 29 heavy (non-hydrogen) atoms. The lowest BCUT2D eigenvalue weighted by Crippen LogP contribution is -2.34. The summed E-state index contributed by atoms with van der Waals surface area (Å²) in [7, 11) is 3.84. The van der Waals surface area contributed by atoms with Crippen molar-refractivity contribution >= 4 is 23.0 Å². The molecule has 0 bridgehead atoms. The summed E-state index contributed by atoms with van der Waals surface area (Å²) in [5.74, 6) is -0.505. The second kappa shape index (κ2) is 7.94. The number of nitrogens with zero attached hydrogens (tertiary/aromatic N) is 2. The number of alkyl halides is 3. The molecule has 156 valence electrons. The normalized spacial score (nSPS) is 17.4. The molecule has 1 unspecified atom stereocenters. The highest BCUT2D eigenvalue weighted by Gasteiger charge is 2.32. The van der Waals surface area contributed by atoms with Gasteiger partial charge >= 0.3 is 6.18 Å². The summed E-state index contributed by atoms with van der Waals surface area (Å²) in [6, 6.07) is 8.43. The first kappa shape index (κ1) is 21.0. The quantitative estimate of drug-likeness (QED) is 0.754. The second-order valence-electron chi connectivity index (χ2n) is 7.57. The number of benzene rings is 2. The van der Waals surface area contributed by atoms with Gasteiger partial charge in [-0.25, -0.2) is 0 Å². The van der Waals surface area contributed by atoms with Gasteiger partial charge < -0.3 is 20.9 Å². The molecule has 3 rings (SSSR count). The van der Waals surface area contributed by atoms with Crippen LogP contribution in [0.15, 0.2) is 36.4 Å². The number of hydrogen-bond acceptors (Lipinski definition) is 4. The summed E-state index contributed by atoms with van der Waals surface area (Å²) in [5, 5.41) is 2.65. The lowest BCUT2D eigenvalue weighted by atomic mass is 10.1. The number of amides is 1. The van der Waals surface area contributed by atoms with Gasteiger partial charge in [-0.1, -0.05) is 6.07 Å². The number of likely N-dealkylation sites (tertiary alicyclic amines) is 1. The molecular weight excluding hydrogens is 381 g/mol. The number of anilines is 3. The van der Waals surface area contributed by atoms with E-state index in [9.17, 15) is 18.0 Å². The molecule has 1 fully saturated rings. The lowest BCUT2D eigenvalue weighted by Gasteiger charge is -2.29. The minimum absolute atomic E-state index is 0.126. The molecule has 0 aromatic heterocycles. The van der Waals surface area contributed by atoms with Gasteiger partial charge in [0.15, 0.2) is 0 Å². The van der Waals surface area contributed by atoms with Gasteiger partial charge in [0.1, 0.15) is 0 Å². The maximum atomic E-state index is 13.3. The highest BCUT2D eigenvalue weighted by molar-refractivity contribution is 6.06. The average Bonchev–Trinajstić information content (AvgIpc) is 3.09. The van der Waals surface area contributed by atoms with Crippen molar-refractivity contribution in [2.45, 2.75) is 25.6 Å². The fourth-order valence-electron chi connectivity index (χ4n) is 3.52. The predicted octanol–water partition coefficient (Wildman–Crippen LogP) is 3.99. The fraction of sp³-hybridized carbons (Fsp3) is 0.381. The maximum Gasteiger partial charge on any atom is 0.416 e. The van der Waals surface area contributed by atoms with E-state index in [1.54, 1.807) is 12.1 Å². The zero-order valence-electron chi connectivity index (χ0n) is 16.7.